The van der Waals surface area contributed by atoms with Gasteiger partial charge in [0.2, 0.25) is 12.3 Å². The Morgan fingerprint density at radius 2 is 2.22 bits per heavy atom. The Labute approximate surface area is 104 Å². The molecule has 2 N–H and O–H groups in total. The highest BCUT2D eigenvalue weighted by atomic mass is 16.5. The first-order valence-corrected chi connectivity index (χ1v) is 5.70. The first-order valence-electron chi connectivity index (χ1n) is 5.70. The Morgan fingerprint density at radius 1 is 1.50 bits per heavy atom. The summed E-state index contributed by atoms with van der Waals surface area (Å²) in [5.74, 6) is -1.68. The molecule has 1 saturated carbocycles. The molecule has 2 rings (SSSR count). The molecule has 0 bridgehead atoms. The number of nitrogens with zero attached hydrogens (tertiary/aromatic N) is 2. The van der Waals surface area contributed by atoms with Crippen LogP contribution in [0, 0.1) is 17.3 Å². The lowest BCUT2D eigenvalue weighted by molar-refractivity contribution is -0.140. The zero-order chi connectivity index (χ0) is 13.3. The molecule has 1 fully saturated rings. The average molecular weight is 253 g/mol. The van der Waals surface area contributed by atoms with Crippen LogP contribution in [0.25, 0.3) is 0 Å². The van der Waals surface area contributed by atoms with Gasteiger partial charge in [-0.3, -0.25) is 9.59 Å². The van der Waals surface area contributed by atoms with Gasteiger partial charge >= 0.3 is 5.97 Å². The van der Waals surface area contributed by atoms with Crippen LogP contribution in [0.15, 0.2) is 10.9 Å². The summed E-state index contributed by atoms with van der Waals surface area (Å²) in [5, 5.41) is 15.3. The minimum atomic E-state index is -0.918. The second kappa shape index (κ2) is 4.40. The molecule has 1 aromatic rings. The summed E-state index contributed by atoms with van der Waals surface area (Å²) in [6, 6.07) is 0. The Bertz CT molecular complexity index is 455. The zero-order valence-corrected chi connectivity index (χ0v) is 10.2. The van der Waals surface area contributed by atoms with E-state index in [2.05, 4.69) is 20.0 Å². The molecule has 98 valence electrons. The Hall–Kier alpha value is -1.92. The van der Waals surface area contributed by atoms with E-state index in [9.17, 15) is 9.59 Å². The molecule has 2 unspecified atom stereocenters. The van der Waals surface area contributed by atoms with Crippen molar-refractivity contribution < 1.29 is 19.2 Å². The maximum absolute atomic E-state index is 11.8. The van der Waals surface area contributed by atoms with E-state index in [1.165, 1.54) is 6.39 Å². The van der Waals surface area contributed by atoms with Crippen molar-refractivity contribution in [3.05, 3.63) is 12.2 Å². The summed E-state index contributed by atoms with van der Waals surface area (Å²) in [7, 11) is 0. The number of hydrogen-bond acceptors (Lipinski definition) is 5. The molecule has 2 atom stereocenters. The second-order valence-corrected chi connectivity index (χ2v) is 5.00. The van der Waals surface area contributed by atoms with Gasteiger partial charge in [0.05, 0.1) is 11.8 Å². The molecule has 7 heteroatoms. The minimum Gasteiger partial charge on any atom is -0.481 e. The highest BCUT2D eigenvalue weighted by molar-refractivity contribution is 5.91. The molecule has 1 amide bonds. The monoisotopic (exact) mass is 253 g/mol. The highest BCUT2D eigenvalue weighted by Crippen LogP contribution is 2.58. The van der Waals surface area contributed by atoms with E-state index >= 15 is 0 Å². The van der Waals surface area contributed by atoms with Gasteiger partial charge in [0.15, 0.2) is 5.82 Å². The van der Waals surface area contributed by atoms with E-state index in [0.717, 1.165) is 0 Å². The quantitative estimate of drug-likeness (QED) is 0.770. The molecule has 7 nitrogen and oxygen atoms in total. The normalized spacial score (nSPS) is 24.6. The molecule has 0 saturated heterocycles. The van der Waals surface area contributed by atoms with Gasteiger partial charge in [-0.1, -0.05) is 19.0 Å². The number of aliphatic carboxylic acids is 1. The fourth-order valence-electron chi connectivity index (χ4n) is 2.30. The van der Waals surface area contributed by atoms with Gasteiger partial charge in [0, 0.05) is 13.0 Å². The Morgan fingerprint density at radius 3 is 2.72 bits per heavy atom. The van der Waals surface area contributed by atoms with Gasteiger partial charge in [-0.05, 0) is 5.41 Å². The number of carboxylic acids is 1. The molecule has 1 aromatic heterocycles. The van der Waals surface area contributed by atoms with Gasteiger partial charge in [-0.15, -0.1) is 0 Å². The van der Waals surface area contributed by atoms with E-state index in [0.29, 0.717) is 18.8 Å². The first-order chi connectivity index (χ1) is 8.44. The second-order valence-electron chi connectivity index (χ2n) is 5.00. The topological polar surface area (TPSA) is 105 Å². The van der Waals surface area contributed by atoms with Gasteiger partial charge in [-0.25, -0.2) is 0 Å². The molecule has 0 aromatic carbocycles. The maximum atomic E-state index is 11.8. The van der Waals surface area contributed by atoms with E-state index < -0.39 is 23.2 Å². The first kappa shape index (κ1) is 12.5. The van der Waals surface area contributed by atoms with Gasteiger partial charge in [-0.2, -0.15) is 4.98 Å². The predicted molar refractivity (Wildman–Crippen MR) is 59.4 cm³/mol. The molecule has 18 heavy (non-hydrogen) atoms. The van der Waals surface area contributed by atoms with E-state index in [1.807, 2.05) is 0 Å². The number of carbonyl (C=O) groups excluding carboxylic acids is 1. The summed E-state index contributed by atoms with van der Waals surface area (Å²) in [6.07, 6.45) is 1.69. The molecule has 1 aliphatic rings. The van der Waals surface area contributed by atoms with Crippen molar-refractivity contribution in [2.75, 3.05) is 6.54 Å². The standard InChI is InChI=1S/C11H15N3O4/c1-11(2)7(8(11)10(16)17)9(15)12-4-3-6-13-5-18-14-6/h5,7-8H,3-4H2,1-2H3,(H,12,15)(H,16,17). The molecule has 0 spiro atoms. The molecule has 1 heterocycles. The third-order valence-corrected chi connectivity index (χ3v) is 3.43. The maximum Gasteiger partial charge on any atom is 0.307 e. The summed E-state index contributed by atoms with van der Waals surface area (Å²) in [6.45, 7) is 3.95. The van der Waals surface area contributed by atoms with Crippen LogP contribution < -0.4 is 5.32 Å². The zero-order valence-electron chi connectivity index (χ0n) is 10.2. The van der Waals surface area contributed by atoms with Crippen molar-refractivity contribution in [3.63, 3.8) is 0 Å². The van der Waals surface area contributed by atoms with Crippen LogP contribution in [-0.2, 0) is 16.0 Å². The van der Waals surface area contributed by atoms with E-state index in [1.54, 1.807) is 13.8 Å². The summed E-state index contributed by atoms with van der Waals surface area (Å²) in [4.78, 5) is 26.6. The number of rotatable bonds is 5. The minimum absolute atomic E-state index is 0.226. The summed E-state index contributed by atoms with van der Waals surface area (Å²) in [5.41, 5.74) is -0.470. The predicted octanol–water partition coefficient (Wildman–Crippen LogP) is 0.0851. The lowest BCUT2D eigenvalue weighted by Gasteiger charge is -2.04. The van der Waals surface area contributed by atoms with Gasteiger partial charge in [0.25, 0.3) is 0 Å². The van der Waals surface area contributed by atoms with Crippen molar-refractivity contribution in [2.45, 2.75) is 20.3 Å². The molecule has 0 radical (unpaired) electrons. The van der Waals surface area contributed by atoms with Crippen molar-refractivity contribution in [1.82, 2.24) is 15.5 Å². The number of amides is 1. The Kier molecular flexibility index (Phi) is 3.06. The van der Waals surface area contributed by atoms with Crippen LogP contribution in [0.4, 0.5) is 0 Å². The van der Waals surface area contributed by atoms with Crippen LogP contribution in [0.3, 0.4) is 0 Å². The third kappa shape index (κ3) is 2.20. The van der Waals surface area contributed by atoms with Crippen molar-refractivity contribution in [2.24, 2.45) is 17.3 Å². The lowest BCUT2D eigenvalue weighted by Crippen LogP contribution is -2.29. The Balaban J connectivity index is 1.81. The number of hydrogen-bond donors (Lipinski definition) is 2. The van der Waals surface area contributed by atoms with Crippen molar-refractivity contribution >= 4 is 11.9 Å². The fourth-order valence-corrected chi connectivity index (χ4v) is 2.30. The van der Waals surface area contributed by atoms with Crippen LogP contribution in [0.2, 0.25) is 0 Å². The lowest BCUT2D eigenvalue weighted by atomic mass is 10.1. The largest absolute Gasteiger partial charge is 0.481 e. The fraction of sp³-hybridized carbons (Fsp3) is 0.636. The number of nitrogens with one attached hydrogen (secondary N) is 1. The average Bonchev–Trinajstić information content (AvgIpc) is 2.65. The molecule has 0 aliphatic heterocycles. The number of aromatic nitrogens is 2. The van der Waals surface area contributed by atoms with Crippen LogP contribution >= 0.6 is 0 Å². The molecular weight excluding hydrogens is 238 g/mol. The van der Waals surface area contributed by atoms with Crippen LogP contribution in [-0.4, -0.2) is 33.7 Å². The number of carboxylic acid groups (broad SMARTS) is 1. The summed E-state index contributed by atoms with van der Waals surface area (Å²) >= 11 is 0. The smallest absolute Gasteiger partial charge is 0.307 e. The SMILES string of the molecule is CC1(C)C(C(=O)O)C1C(=O)NCCc1ncon1. The molecule has 1 aliphatic carbocycles. The third-order valence-electron chi connectivity index (χ3n) is 3.43. The highest BCUT2D eigenvalue weighted by Gasteiger charge is 2.65. The van der Waals surface area contributed by atoms with Crippen LogP contribution in [0.5, 0.6) is 0 Å². The van der Waals surface area contributed by atoms with Crippen LogP contribution in [0.1, 0.15) is 19.7 Å². The summed E-state index contributed by atoms with van der Waals surface area (Å²) < 4.78 is 4.56. The van der Waals surface area contributed by atoms with E-state index in [4.69, 9.17) is 5.11 Å². The number of carbonyl (C=O) groups is 2. The van der Waals surface area contributed by atoms with Gasteiger partial charge in [0.1, 0.15) is 0 Å². The van der Waals surface area contributed by atoms with Gasteiger partial charge < -0.3 is 14.9 Å². The van der Waals surface area contributed by atoms with Crippen molar-refractivity contribution in [1.29, 1.82) is 0 Å². The van der Waals surface area contributed by atoms with Crippen molar-refractivity contribution in [3.8, 4) is 0 Å². The van der Waals surface area contributed by atoms with E-state index in [-0.39, 0.29) is 5.91 Å². The molecular formula is C11H15N3O4.